The van der Waals surface area contributed by atoms with E-state index in [1.54, 1.807) is 35.6 Å². The molecule has 0 fully saturated rings. The molecule has 0 aliphatic heterocycles. The zero-order chi connectivity index (χ0) is 24.2. The predicted octanol–water partition coefficient (Wildman–Crippen LogP) is 5.15. The molecule has 8 nitrogen and oxygen atoms in total. The number of imidazole rings is 1. The lowest BCUT2D eigenvalue weighted by atomic mass is 10.2. The van der Waals surface area contributed by atoms with Gasteiger partial charge in [0.2, 0.25) is 0 Å². The number of nitrogens with zero attached hydrogens (tertiary/aromatic N) is 3. The Balaban J connectivity index is 1.29. The summed E-state index contributed by atoms with van der Waals surface area (Å²) in [5.41, 5.74) is 11.5. The van der Waals surface area contributed by atoms with Crippen LogP contribution in [0.15, 0.2) is 79.3 Å². The molecule has 1 amide bonds. The van der Waals surface area contributed by atoms with E-state index in [-0.39, 0.29) is 5.91 Å². The number of aromatic nitrogens is 3. The standard InChI is InChI=1S/C26H25N7OS/c1-2-28-14-18-6-5-13-33-22(15-29-24(18)33)23-16-30-26(35-23)31-19-11-9-17(10-12-19)25(34)32-21-8-4-3-7-20(21)27/h3-13,15-16,28H,2,14,27H2,1H3,(H,30,31)(H,32,34). The number of para-hydroxylation sites is 2. The lowest BCUT2D eigenvalue weighted by molar-refractivity contribution is 0.102. The summed E-state index contributed by atoms with van der Waals surface area (Å²) >= 11 is 1.55. The van der Waals surface area contributed by atoms with E-state index in [1.807, 2.05) is 48.9 Å². The number of nitrogens with one attached hydrogen (secondary N) is 3. The van der Waals surface area contributed by atoms with Gasteiger partial charge in [-0.05, 0) is 49.0 Å². The van der Waals surface area contributed by atoms with Gasteiger partial charge < -0.3 is 21.7 Å². The van der Waals surface area contributed by atoms with Crippen molar-refractivity contribution >= 4 is 45.1 Å². The summed E-state index contributed by atoms with van der Waals surface area (Å²) < 4.78 is 2.09. The van der Waals surface area contributed by atoms with E-state index in [4.69, 9.17) is 5.73 Å². The summed E-state index contributed by atoms with van der Waals surface area (Å²) in [5, 5.41) is 10.3. The number of fused-ring (bicyclic) bond motifs is 1. The Morgan fingerprint density at radius 2 is 1.86 bits per heavy atom. The molecule has 3 heterocycles. The van der Waals surface area contributed by atoms with Gasteiger partial charge in [0.25, 0.3) is 5.91 Å². The second kappa shape index (κ2) is 9.96. The van der Waals surface area contributed by atoms with Crippen LogP contribution < -0.4 is 21.7 Å². The second-order valence-corrected chi connectivity index (χ2v) is 8.95. The topological polar surface area (TPSA) is 109 Å². The van der Waals surface area contributed by atoms with E-state index in [0.717, 1.165) is 45.7 Å². The molecule has 3 aromatic heterocycles. The van der Waals surface area contributed by atoms with Crippen LogP contribution in [0, 0.1) is 0 Å². The average Bonchev–Trinajstić information content (AvgIpc) is 3.51. The average molecular weight is 484 g/mol. The number of carbonyl (C=O) groups excluding carboxylic acids is 1. The molecule has 0 bridgehead atoms. The fourth-order valence-corrected chi connectivity index (χ4v) is 4.58. The fraction of sp³-hybridized carbons (Fsp3) is 0.115. The third kappa shape index (κ3) is 4.86. The zero-order valence-electron chi connectivity index (χ0n) is 19.2. The van der Waals surface area contributed by atoms with Crippen LogP contribution in [0.2, 0.25) is 0 Å². The molecule has 0 saturated heterocycles. The van der Waals surface area contributed by atoms with Crippen molar-refractivity contribution in [3.8, 4) is 10.6 Å². The third-order valence-corrected chi connectivity index (χ3v) is 6.48. The molecule has 0 radical (unpaired) electrons. The van der Waals surface area contributed by atoms with Crippen LogP contribution >= 0.6 is 11.3 Å². The van der Waals surface area contributed by atoms with Crippen LogP contribution in [0.1, 0.15) is 22.8 Å². The Kier molecular flexibility index (Phi) is 6.42. The molecule has 0 aliphatic carbocycles. The van der Waals surface area contributed by atoms with Gasteiger partial charge in [-0.25, -0.2) is 9.97 Å². The highest BCUT2D eigenvalue weighted by atomic mass is 32.1. The Morgan fingerprint density at radius 3 is 2.66 bits per heavy atom. The van der Waals surface area contributed by atoms with E-state index in [2.05, 4.69) is 43.3 Å². The minimum absolute atomic E-state index is 0.216. The Labute approximate surface area is 206 Å². The number of nitrogen functional groups attached to an aromatic ring is 1. The van der Waals surface area contributed by atoms with Crippen molar-refractivity contribution in [2.45, 2.75) is 13.5 Å². The summed E-state index contributed by atoms with van der Waals surface area (Å²) in [7, 11) is 0. The minimum atomic E-state index is -0.216. The van der Waals surface area contributed by atoms with Crippen LogP contribution in [-0.4, -0.2) is 26.8 Å². The maximum atomic E-state index is 12.6. The lowest BCUT2D eigenvalue weighted by Crippen LogP contribution is -2.13. The number of hydrogen-bond acceptors (Lipinski definition) is 7. The molecular weight excluding hydrogens is 458 g/mol. The number of carbonyl (C=O) groups is 1. The first-order valence-electron chi connectivity index (χ1n) is 11.3. The Hall–Kier alpha value is -4.21. The molecule has 5 aromatic rings. The molecule has 9 heteroatoms. The fourth-order valence-electron chi connectivity index (χ4n) is 3.73. The van der Waals surface area contributed by atoms with Gasteiger partial charge in [-0.1, -0.05) is 36.5 Å². The zero-order valence-corrected chi connectivity index (χ0v) is 20.0. The number of nitrogens with two attached hydrogens (primary N) is 1. The Bertz CT molecular complexity index is 1470. The van der Waals surface area contributed by atoms with Gasteiger partial charge in [0, 0.05) is 35.8 Å². The molecule has 0 spiro atoms. The highest BCUT2D eigenvalue weighted by Gasteiger charge is 2.13. The van der Waals surface area contributed by atoms with E-state index >= 15 is 0 Å². The smallest absolute Gasteiger partial charge is 0.255 e. The Morgan fingerprint density at radius 1 is 1.03 bits per heavy atom. The summed E-state index contributed by atoms with van der Waals surface area (Å²) in [6.45, 7) is 3.78. The van der Waals surface area contributed by atoms with Crippen molar-refractivity contribution in [1.82, 2.24) is 19.7 Å². The van der Waals surface area contributed by atoms with Crippen molar-refractivity contribution in [3.05, 3.63) is 90.4 Å². The highest BCUT2D eigenvalue weighted by Crippen LogP contribution is 2.31. The van der Waals surface area contributed by atoms with Crippen LogP contribution in [0.3, 0.4) is 0 Å². The minimum Gasteiger partial charge on any atom is -0.397 e. The van der Waals surface area contributed by atoms with Crippen LogP contribution in [0.25, 0.3) is 16.2 Å². The first-order valence-corrected chi connectivity index (χ1v) is 12.1. The molecule has 0 unspecified atom stereocenters. The van der Waals surface area contributed by atoms with Crippen molar-refractivity contribution < 1.29 is 4.79 Å². The van der Waals surface area contributed by atoms with E-state index in [0.29, 0.717) is 16.9 Å². The predicted molar refractivity (Wildman–Crippen MR) is 142 cm³/mol. The van der Waals surface area contributed by atoms with Gasteiger partial charge in [-0.3, -0.25) is 9.20 Å². The summed E-state index contributed by atoms with van der Waals surface area (Å²) in [4.78, 5) is 22.7. The van der Waals surface area contributed by atoms with E-state index in [1.165, 1.54) is 0 Å². The first-order chi connectivity index (χ1) is 17.1. The van der Waals surface area contributed by atoms with Crippen molar-refractivity contribution in [2.75, 3.05) is 22.9 Å². The largest absolute Gasteiger partial charge is 0.397 e. The first kappa shape index (κ1) is 22.6. The SMILES string of the molecule is CCNCc1cccn2c(-c3cnc(Nc4ccc(C(=O)Nc5ccccc5N)cc4)s3)cnc12. The molecule has 176 valence electrons. The molecule has 0 saturated carbocycles. The number of benzene rings is 2. The van der Waals surface area contributed by atoms with Crippen molar-refractivity contribution in [1.29, 1.82) is 0 Å². The molecule has 5 rings (SSSR count). The van der Waals surface area contributed by atoms with Gasteiger partial charge in [-0.2, -0.15) is 0 Å². The lowest BCUT2D eigenvalue weighted by Gasteiger charge is -2.08. The second-order valence-electron chi connectivity index (χ2n) is 7.92. The van der Waals surface area contributed by atoms with Gasteiger partial charge in [0.15, 0.2) is 5.13 Å². The number of hydrogen-bond donors (Lipinski definition) is 4. The monoisotopic (exact) mass is 483 g/mol. The molecular formula is C26H25N7OS. The van der Waals surface area contributed by atoms with E-state index < -0.39 is 0 Å². The van der Waals surface area contributed by atoms with Gasteiger partial charge in [0.1, 0.15) is 5.65 Å². The van der Waals surface area contributed by atoms with Crippen molar-refractivity contribution in [3.63, 3.8) is 0 Å². The maximum absolute atomic E-state index is 12.6. The number of amides is 1. The number of thiazole rings is 1. The molecule has 0 atom stereocenters. The summed E-state index contributed by atoms with van der Waals surface area (Å²) in [6, 6.07) is 18.5. The molecule has 35 heavy (non-hydrogen) atoms. The van der Waals surface area contributed by atoms with Crippen LogP contribution in [0.4, 0.5) is 22.2 Å². The number of pyridine rings is 1. The summed E-state index contributed by atoms with van der Waals surface area (Å²) in [5.74, 6) is -0.216. The van der Waals surface area contributed by atoms with Crippen molar-refractivity contribution in [2.24, 2.45) is 0 Å². The van der Waals surface area contributed by atoms with E-state index in [9.17, 15) is 4.79 Å². The number of anilines is 4. The van der Waals surface area contributed by atoms with Gasteiger partial charge >= 0.3 is 0 Å². The highest BCUT2D eigenvalue weighted by molar-refractivity contribution is 7.18. The quantitative estimate of drug-likeness (QED) is 0.227. The molecule has 2 aromatic carbocycles. The normalized spacial score (nSPS) is 11.0. The van der Waals surface area contributed by atoms with Crippen LogP contribution in [-0.2, 0) is 6.54 Å². The van der Waals surface area contributed by atoms with Gasteiger partial charge in [0.05, 0.1) is 28.1 Å². The van der Waals surface area contributed by atoms with Crippen LogP contribution in [0.5, 0.6) is 0 Å². The maximum Gasteiger partial charge on any atom is 0.255 e. The third-order valence-electron chi connectivity index (χ3n) is 5.55. The van der Waals surface area contributed by atoms with Gasteiger partial charge in [-0.15, -0.1) is 0 Å². The summed E-state index contributed by atoms with van der Waals surface area (Å²) in [6.07, 6.45) is 5.75. The number of rotatable bonds is 8. The molecule has 5 N–H and O–H groups in total. The molecule has 0 aliphatic rings.